The zero-order valence-corrected chi connectivity index (χ0v) is 14.4. The second-order valence-electron chi connectivity index (χ2n) is 6.44. The van der Waals surface area contributed by atoms with Crippen LogP contribution in [0.3, 0.4) is 0 Å². The van der Waals surface area contributed by atoms with E-state index < -0.39 is 5.60 Å². The van der Waals surface area contributed by atoms with Gasteiger partial charge in [-0.3, -0.25) is 4.79 Å². The highest BCUT2D eigenvalue weighted by molar-refractivity contribution is 5.97. The fraction of sp³-hybridized carbons (Fsp3) is 0.667. The van der Waals surface area contributed by atoms with Crippen molar-refractivity contribution in [2.24, 2.45) is 5.92 Å². The van der Waals surface area contributed by atoms with E-state index in [2.05, 4.69) is 24.1 Å². The van der Waals surface area contributed by atoms with E-state index in [0.29, 0.717) is 24.1 Å². The second kappa shape index (κ2) is 8.29. The van der Waals surface area contributed by atoms with Gasteiger partial charge in [0.1, 0.15) is 5.60 Å². The Kier molecular flexibility index (Phi) is 6.39. The molecular weight excluding hydrogens is 292 g/mol. The van der Waals surface area contributed by atoms with E-state index in [4.69, 9.17) is 9.47 Å². The van der Waals surface area contributed by atoms with Crippen molar-refractivity contribution in [1.29, 1.82) is 0 Å². The minimum Gasteiger partial charge on any atom is -0.478 e. The van der Waals surface area contributed by atoms with Crippen molar-refractivity contribution in [3.63, 3.8) is 0 Å². The van der Waals surface area contributed by atoms with E-state index in [1.807, 2.05) is 6.07 Å². The number of pyridine rings is 1. The van der Waals surface area contributed by atoms with Crippen LogP contribution < -0.4 is 10.1 Å². The zero-order chi connectivity index (χ0) is 16.7. The van der Waals surface area contributed by atoms with Gasteiger partial charge in [0.05, 0.1) is 18.5 Å². The van der Waals surface area contributed by atoms with Gasteiger partial charge in [0.2, 0.25) is 5.88 Å². The average Bonchev–Trinajstić information content (AvgIpc) is 2.56. The molecule has 1 heterocycles. The molecule has 1 amide bonds. The molecule has 0 spiro atoms. The summed E-state index contributed by atoms with van der Waals surface area (Å²) in [5.74, 6) is 1.01. The molecule has 0 aromatic carbocycles. The molecule has 1 saturated carbocycles. The standard InChI is InChI=1S/C18H28N2O3/c1-4-5-11-23-16-9-8-15(13-19-16)20-17(21)18(22-3)10-6-7-14(2)12-18/h8-9,13-14H,4-7,10-12H2,1-3H3,(H,20,21)/t14-,18-/m1/s1. The fourth-order valence-corrected chi connectivity index (χ4v) is 3.09. The van der Waals surface area contributed by atoms with Gasteiger partial charge in [0, 0.05) is 13.2 Å². The summed E-state index contributed by atoms with van der Waals surface area (Å²) in [6.45, 7) is 4.96. The minimum absolute atomic E-state index is 0.0759. The number of ether oxygens (including phenoxy) is 2. The maximum atomic E-state index is 12.7. The van der Waals surface area contributed by atoms with Crippen LogP contribution in [0.5, 0.6) is 5.88 Å². The molecule has 1 aliphatic carbocycles. The summed E-state index contributed by atoms with van der Waals surface area (Å²) in [4.78, 5) is 16.9. The number of nitrogens with zero attached hydrogens (tertiary/aromatic N) is 1. The van der Waals surface area contributed by atoms with Crippen LogP contribution in [0.1, 0.15) is 52.4 Å². The monoisotopic (exact) mass is 320 g/mol. The van der Waals surface area contributed by atoms with Gasteiger partial charge in [-0.15, -0.1) is 0 Å². The van der Waals surface area contributed by atoms with E-state index in [1.165, 1.54) is 0 Å². The fourth-order valence-electron chi connectivity index (χ4n) is 3.09. The van der Waals surface area contributed by atoms with Gasteiger partial charge in [-0.25, -0.2) is 4.98 Å². The summed E-state index contributed by atoms with van der Waals surface area (Å²) in [6.07, 6.45) is 7.44. The molecule has 0 aliphatic heterocycles. The maximum Gasteiger partial charge on any atom is 0.256 e. The molecule has 1 fully saturated rings. The van der Waals surface area contributed by atoms with Gasteiger partial charge in [-0.1, -0.05) is 26.7 Å². The van der Waals surface area contributed by atoms with Crippen LogP contribution in [0.25, 0.3) is 0 Å². The number of hydrogen-bond acceptors (Lipinski definition) is 4. The first-order valence-corrected chi connectivity index (χ1v) is 8.55. The van der Waals surface area contributed by atoms with Crippen LogP contribution in [-0.4, -0.2) is 30.2 Å². The van der Waals surface area contributed by atoms with Crippen molar-refractivity contribution in [3.8, 4) is 5.88 Å². The molecular formula is C18H28N2O3. The van der Waals surface area contributed by atoms with Crippen molar-refractivity contribution in [1.82, 2.24) is 4.98 Å². The Morgan fingerprint density at radius 3 is 2.91 bits per heavy atom. The number of unbranched alkanes of at least 4 members (excludes halogenated alkanes) is 1. The number of nitrogens with one attached hydrogen (secondary N) is 1. The van der Waals surface area contributed by atoms with Crippen molar-refractivity contribution in [2.45, 2.75) is 58.0 Å². The summed E-state index contributed by atoms with van der Waals surface area (Å²) in [5, 5.41) is 2.94. The number of methoxy groups -OCH3 is 1. The third-order valence-corrected chi connectivity index (χ3v) is 4.50. The lowest BCUT2D eigenvalue weighted by atomic mass is 9.78. The molecule has 5 nitrogen and oxygen atoms in total. The highest BCUT2D eigenvalue weighted by atomic mass is 16.5. The van der Waals surface area contributed by atoms with E-state index >= 15 is 0 Å². The molecule has 1 N–H and O–H groups in total. The topological polar surface area (TPSA) is 60.5 Å². The summed E-state index contributed by atoms with van der Waals surface area (Å²) >= 11 is 0. The number of carbonyl (C=O) groups excluding carboxylic acids is 1. The van der Waals surface area contributed by atoms with Crippen molar-refractivity contribution < 1.29 is 14.3 Å². The van der Waals surface area contributed by atoms with E-state index in [0.717, 1.165) is 38.5 Å². The van der Waals surface area contributed by atoms with Crippen molar-refractivity contribution >= 4 is 11.6 Å². The number of anilines is 1. The van der Waals surface area contributed by atoms with Crippen molar-refractivity contribution in [2.75, 3.05) is 19.0 Å². The minimum atomic E-state index is -0.714. The number of amides is 1. The van der Waals surface area contributed by atoms with Gasteiger partial charge in [0.25, 0.3) is 5.91 Å². The Morgan fingerprint density at radius 1 is 1.48 bits per heavy atom. The molecule has 2 atom stereocenters. The zero-order valence-electron chi connectivity index (χ0n) is 14.4. The molecule has 5 heteroatoms. The SMILES string of the molecule is CCCCOc1ccc(NC(=O)[C@@]2(OC)CCC[C@@H](C)C2)cn1. The highest BCUT2D eigenvalue weighted by Crippen LogP contribution is 2.35. The van der Waals surface area contributed by atoms with E-state index in [1.54, 1.807) is 19.4 Å². The predicted molar refractivity (Wildman–Crippen MR) is 90.6 cm³/mol. The Hall–Kier alpha value is -1.62. The van der Waals surface area contributed by atoms with Gasteiger partial charge in [0.15, 0.2) is 0 Å². The summed E-state index contributed by atoms with van der Waals surface area (Å²) < 4.78 is 11.1. The Bertz CT molecular complexity index is 503. The van der Waals surface area contributed by atoms with Gasteiger partial charge >= 0.3 is 0 Å². The Labute approximate surface area is 138 Å². The summed E-state index contributed by atoms with van der Waals surface area (Å²) in [6, 6.07) is 3.61. The highest BCUT2D eigenvalue weighted by Gasteiger charge is 2.41. The maximum absolute atomic E-state index is 12.7. The van der Waals surface area contributed by atoms with Crippen molar-refractivity contribution in [3.05, 3.63) is 18.3 Å². The molecule has 0 radical (unpaired) electrons. The second-order valence-corrected chi connectivity index (χ2v) is 6.44. The number of rotatable bonds is 7. The lowest BCUT2D eigenvalue weighted by Crippen LogP contribution is -2.47. The first-order valence-electron chi connectivity index (χ1n) is 8.55. The largest absolute Gasteiger partial charge is 0.478 e. The number of carbonyl (C=O) groups is 1. The smallest absolute Gasteiger partial charge is 0.256 e. The van der Waals surface area contributed by atoms with Crippen LogP contribution in [0, 0.1) is 5.92 Å². The van der Waals surface area contributed by atoms with Gasteiger partial charge in [-0.2, -0.15) is 0 Å². The predicted octanol–water partition coefficient (Wildman–Crippen LogP) is 3.79. The quantitative estimate of drug-likeness (QED) is 0.776. The van der Waals surface area contributed by atoms with Gasteiger partial charge < -0.3 is 14.8 Å². The van der Waals surface area contributed by atoms with Crippen LogP contribution in [0.4, 0.5) is 5.69 Å². The lowest BCUT2D eigenvalue weighted by molar-refractivity contribution is -0.143. The molecule has 128 valence electrons. The number of hydrogen-bond donors (Lipinski definition) is 1. The molecule has 0 unspecified atom stereocenters. The Morgan fingerprint density at radius 2 is 2.30 bits per heavy atom. The van der Waals surface area contributed by atoms with E-state index in [9.17, 15) is 4.79 Å². The number of aromatic nitrogens is 1. The molecule has 1 aliphatic rings. The van der Waals surface area contributed by atoms with E-state index in [-0.39, 0.29) is 5.91 Å². The summed E-state index contributed by atoms with van der Waals surface area (Å²) in [7, 11) is 1.63. The third kappa shape index (κ3) is 4.67. The van der Waals surface area contributed by atoms with Gasteiger partial charge in [-0.05, 0) is 37.7 Å². The molecule has 1 aromatic rings. The molecule has 2 rings (SSSR count). The third-order valence-electron chi connectivity index (χ3n) is 4.50. The molecule has 0 saturated heterocycles. The first-order chi connectivity index (χ1) is 11.1. The lowest BCUT2D eigenvalue weighted by Gasteiger charge is -2.37. The van der Waals surface area contributed by atoms with Crippen LogP contribution in [0.15, 0.2) is 18.3 Å². The molecule has 0 bridgehead atoms. The summed E-state index contributed by atoms with van der Waals surface area (Å²) in [5.41, 5.74) is -0.0407. The van der Waals surface area contributed by atoms with Crippen LogP contribution in [-0.2, 0) is 9.53 Å². The van der Waals surface area contributed by atoms with Crippen LogP contribution in [0.2, 0.25) is 0 Å². The molecule has 1 aromatic heterocycles. The molecule has 23 heavy (non-hydrogen) atoms. The normalized spacial score (nSPS) is 24.2. The first kappa shape index (κ1) is 17.7. The average molecular weight is 320 g/mol. The van der Waals surface area contributed by atoms with Crippen LogP contribution >= 0.6 is 0 Å². The Balaban J connectivity index is 1.96.